The average molecular weight is 437 g/mol. The number of hydrogen-bond acceptors (Lipinski definition) is 3. The fraction of sp³-hybridized carbons (Fsp3) is 0.316. The molecule has 138 valence electrons. The van der Waals surface area contributed by atoms with E-state index in [1.54, 1.807) is 31.2 Å². The van der Waals surface area contributed by atoms with Gasteiger partial charge < -0.3 is 4.90 Å². The Bertz CT molecular complexity index is 942. The molecule has 0 fully saturated rings. The zero-order valence-electron chi connectivity index (χ0n) is 14.9. The molecule has 1 atom stereocenters. The number of carbonyl (C=O) groups is 1. The molecule has 26 heavy (non-hydrogen) atoms. The van der Waals surface area contributed by atoms with Crippen molar-refractivity contribution in [2.45, 2.75) is 26.3 Å². The Morgan fingerprint density at radius 2 is 1.88 bits per heavy atom. The average Bonchev–Trinajstić information content (AvgIpc) is 2.95. The van der Waals surface area contributed by atoms with Crippen LogP contribution >= 0.6 is 15.9 Å². The summed E-state index contributed by atoms with van der Waals surface area (Å²) in [5.41, 5.74) is 3.16. The van der Waals surface area contributed by atoms with E-state index in [1.165, 1.54) is 11.4 Å². The Kier molecular flexibility index (Phi) is 5.12. The van der Waals surface area contributed by atoms with Crippen LogP contribution in [-0.2, 0) is 16.4 Å². The van der Waals surface area contributed by atoms with E-state index in [2.05, 4.69) is 15.9 Å². The summed E-state index contributed by atoms with van der Waals surface area (Å²) in [6.07, 6.45) is 0.816. The molecule has 2 aromatic carbocycles. The van der Waals surface area contributed by atoms with Crippen LogP contribution in [0.25, 0.3) is 0 Å². The SMILES string of the molecule is CCS(=O)(=O)N(C)c1ccc(C(=O)N2c3ccc(Br)cc3C[C@H]2C)cc1. The normalized spacial score (nSPS) is 16.5. The number of fused-ring (bicyclic) bond motifs is 1. The number of halogens is 1. The van der Waals surface area contributed by atoms with E-state index < -0.39 is 10.0 Å². The number of hydrogen-bond donors (Lipinski definition) is 0. The lowest BCUT2D eigenvalue weighted by molar-refractivity contribution is 0.0981. The van der Waals surface area contributed by atoms with E-state index in [9.17, 15) is 13.2 Å². The van der Waals surface area contributed by atoms with Crippen molar-refractivity contribution in [2.24, 2.45) is 0 Å². The largest absolute Gasteiger partial charge is 0.305 e. The second-order valence-corrected chi connectivity index (χ2v) is 9.62. The highest BCUT2D eigenvalue weighted by Gasteiger charge is 2.31. The summed E-state index contributed by atoms with van der Waals surface area (Å²) in [5.74, 6) is -0.0481. The number of carbonyl (C=O) groups excluding carboxylic acids is 1. The van der Waals surface area contributed by atoms with E-state index in [0.717, 1.165) is 22.1 Å². The molecule has 0 spiro atoms. The van der Waals surface area contributed by atoms with Crippen molar-refractivity contribution < 1.29 is 13.2 Å². The van der Waals surface area contributed by atoms with Gasteiger partial charge >= 0.3 is 0 Å². The van der Waals surface area contributed by atoms with Gasteiger partial charge in [0.05, 0.1) is 11.4 Å². The predicted molar refractivity (Wildman–Crippen MR) is 108 cm³/mol. The Hall–Kier alpha value is -1.86. The van der Waals surface area contributed by atoms with Gasteiger partial charge in [0.25, 0.3) is 5.91 Å². The molecule has 2 aromatic rings. The van der Waals surface area contributed by atoms with E-state index in [-0.39, 0.29) is 17.7 Å². The molecule has 1 aliphatic rings. The summed E-state index contributed by atoms with van der Waals surface area (Å²) in [7, 11) is -1.80. The molecular formula is C19H21BrN2O3S. The zero-order valence-corrected chi connectivity index (χ0v) is 17.3. The molecule has 0 aliphatic carbocycles. The lowest BCUT2D eigenvalue weighted by Gasteiger charge is -2.23. The quantitative estimate of drug-likeness (QED) is 0.731. The van der Waals surface area contributed by atoms with Gasteiger partial charge in [-0.2, -0.15) is 0 Å². The lowest BCUT2D eigenvalue weighted by atomic mass is 10.1. The van der Waals surface area contributed by atoms with Crippen LogP contribution in [0, 0.1) is 0 Å². The van der Waals surface area contributed by atoms with Crippen molar-refractivity contribution in [3.8, 4) is 0 Å². The van der Waals surface area contributed by atoms with Crippen molar-refractivity contribution in [2.75, 3.05) is 22.0 Å². The summed E-state index contributed by atoms with van der Waals surface area (Å²) in [6, 6.07) is 12.7. The van der Waals surface area contributed by atoms with Gasteiger partial charge in [-0.3, -0.25) is 9.10 Å². The van der Waals surface area contributed by atoms with Crippen LogP contribution in [-0.4, -0.2) is 33.2 Å². The van der Waals surface area contributed by atoms with Gasteiger partial charge in [-0.05, 0) is 68.3 Å². The highest BCUT2D eigenvalue weighted by molar-refractivity contribution is 9.10. The first-order valence-corrected chi connectivity index (χ1v) is 10.8. The molecule has 0 radical (unpaired) electrons. The van der Waals surface area contributed by atoms with Crippen LogP contribution in [0.15, 0.2) is 46.9 Å². The number of nitrogens with zero attached hydrogens (tertiary/aromatic N) is 2. The Balaban J connectivity index is 1.88. The van der Waals surface area contributed by atoms with Crippen LogP contribution in [0.2, 0.25) is 0 Å². The molecular weight excluding hydrogens is 416 g/mol. The summed E-state index contributed by atoms with van der Waals surface area (Å²) in [4.78, 5) is 14.8. The smallest absolute Gasteiger partial charge is 0.258 e. The third kappa shape index (κ3) is 3.38. The minimum atomic E-state index is -3.32. The number of rotatable bonds is 4. The van der Waals surface area contributed by atoms with Gasteiger partial charge in [-0.1, -0.05) is 15.9 Å². The Morgan fingerprint density at radius 1 is 1.23 bits per heavy atom. The van der Waals surface area contributed by atoms with Crippen LogP contribution in [0.1, 0.15) is 29.8 Å². The maximum Gasteiger partial charge on any atom is 0.258 e. The zero-order chi connectivity index (χ0) is 19.1. The number of benzene rings is 2. The second kappa shape index (κ2) is 7.04. The molecule has 1 heterocycles. The van der Waals surface area contributed by atoms with E-state index in [4.69, 9.17) is 0 Å². The summed E-state index contributed by atoms with van der Waals surface area (Å²) in [6.45, 7) is 3.63. The molecule has 0 bridgehead atoms. The lowest BCUT2D eigenvalue weighted by Crippen LogP contribution is -2.35. The highest BCUT2D eigenvalue weighted by Crippen LogP contribution is 2.35. The molecule has 0 saturated heterocycles. The van der Waals surface area contributed by atoms with Gasteiger partial charge in [0.15, 0.2) is 0 Å². The van der Waals surface area contributed by atoms with Gasteiger partial charge in [0.2, 0.25) is 10.0 Å². The third-order valence-electron chi connectivity index (χ3n) is 4.74. The van der Waals surface area contributed by atoms with E-state index in [1.807, 2.05) is 30.0 Å². The highest BCUT2D eigenvalue weighted by atomic mass is 79.9. The monoisotopic (exact) mass is 436 g/mol. The van der Waals surface area contributed by atoms with Crippen molar-refractivity contribution >= 4 is 43.2 Å². The topological polar surface area (TPSA) is 57.7 Å². The maximum absolute atomic E-state index is 13.0. The standard InChI is InChI=1S/C19H21BrN2O3S/c1-4-26(24,25)21(3)17-8-5-14(6-9-17)19(23)22-13(2)11-15-12-16(20)7-10-18(15)22/h5-10,12-13H,4,11H2,1-3H3/t13-/m1/s1. The third-order valence-corrected chi connectivity index (χ3v) is 7.00. The summed E-state index contributed by atoms with van der Waals surface area (Å²) < 4.78 is 26.2. The summed E-state index contributed by atoms with van der Waals surface area (Å²) >= 11 is 3.47. The molecule has 5 nitrogen and oxygen atoms in total. The van der Waals surface area contributed by atoms with Gasteiger partial charge in [0, 0.05) is 28.8 Å². The van der Waals surface area contributed by atoms with Crippen molar-refractivity contribution in [3.63, 3.8) is 0 Å². The second-order valence-electron chi connectivity index (χ2n) is 6.42. The van der Waals surface area contributed by atoms with Crippen molar-refractivity contribution in [1.82, 2.24) is 0 Å². The van der Waals surface area contributed by atoms with Gasteiger partial charge in [-0.25, -0.2) is 8.42 Å². The fourth-order valence-electron chi connectivity index (χ4n) is 3.22. The molecule has 1 aliphatic heterocycles. The van der Waals surface area contributed by atoms with Crippen molar-refractivity contribution in [3.05, 3.63) is 58.1 Å². The Labute approximate surface area is 162 Å². The van der Waals surface area contributed by atoms with Gasteiger partial charge in [0.1, 0.15) is 0 Å². The molecule has 0 aromatic heterocycles. The maximum atomic E-state index is 13.0. The van der Waals surface area contributed by atoms with E-state index in [0.29, 0.717) is 11.3 Å². The first kappa shape index (κ1) is 18.9. The predicted octanol–water partition coefficient (Wildman–Crippen LogP) is 3.83. The number of sulfonamides is 1. The molecule has 7 heteroatoms. The first-order chi connectivity index (χ1) is 12.2. The molecule has 0 saturated carbocycles. The molecule has 1 amide bonds. The number of anilines is 2. The summed E-state index contributed by atoms with van der Waals surface area (Å²) in [5, 5.41) is 0. The van der Waals surface area contributed by atoms with Crippen LogP contribution in [0.5, 0.6) is 0 Å². The minimum absolute atomic E-state index is 0.0296. The molecule has 3 rings (SSSR count). The van der Waals surface area contributed by atoms with E-state index >= 15 is 0 Å². The Morgan fingerprint density at radius 3 is 2.50 bits per heavy atom. The van der Waals surface area contributed by atoms with Crippen molar-refractivity contribution in [1.29, 1.82) is 0 Å². The van der Waals surface area contributed by atoms with Gasteiger partial charge in [-0.15, -0.1) is 0 Å². The molecule has 0 N–H and O–H groups in total. The number of amides is 1. The fourth-order valence-corrected chi connectivity index (χ4v) is 4.46. The van der Waals surface area contributed by atoms with Crippen LogP contribution in [0.4, 0.5) is 11.4 Å². The minimum Gasteiger partial charge on any atom is -0.305 e. The first-order valence-electron chi connectivity index (χ1n) is 8.43. The van der Waals surface area contributed by atoms with Crippen LogP contribution < -0.4 is 9.21 Å². The molecule has 0 unspecified atom stereocenters. The van der Waals surface area contributed by atoms with Crippen LogP contribution in [0.3, 0.4) is 0 Å².